The van der Waals surface area contributed by atoms with Gasteiger partial charge in [-0.15, -0.1) is 0 Å². The van der Waals surface area contributed by atoms with Gasteiger partial charge in [0, 0.05) is 24.6 Å². The first-order valence-electron chi connectivity index (χ1n) is 7.44. The first-order valence-corrected chi connectivity index (χ1v) is 7.44. The molecule has 0 unspecified atom stereocenters. The normalized spacial score (nSPS) is 17.5. The molecule has 0 spiro atoms. The third kappa shape index (κ3) is 3.24. The summed E-state index contributed by atoms with van der Waals surface area (Å²) >= 11 is 0. The Hall–Kier alpha value is -1.89. The molecule has 1 heterocycles. The van der Waals surface area contributed by atoms with E-state index in [0.717, 1.165) is 42.9 Å². The van der Waals surface area contributed by atoms with Crippen LogP contribution in [0.25, 0.3) is 0 Å². The van der Waals surface area contributed by atoms with Crippen LogP contribution in [0, 0.1) is 6.92 Å². The van der Waals surface area contributed by atoms with Crippen LogP contribution in [-0.2, 0) is 4.79 Å². The summed E-state index contributed by atoms with van der Waals surface area (Å²) in [6.45, 7) is 2.21. The highest BCUT2D eigenvalue weighted by Crippen LogP contribution is 2.39. The zero-order valence-electron chi connectivity index (χ0n) is 12.5. The maximum absolute atomic E-state index is 11.9. The standard InChI is InChI=1S/C14H22N6O/c1-8-12(19-15)17-13(9-3-4-9)18-14(8)20(2)7-11(21)16-10-5-6-10/h9-10H,3-7,15H2,1-2H3,(H,16,21)(H,17,18,19). The van der Waals surface area contributed by atoms with E-state index in [4.69, 9.17) is 5.84 Å². The number of anilines is 2. The number of hydrogen-bond acceptors (Lipinski definition) is 6. The molecule has 0 saturated heterocycles. The monoisotopic (exact) mass is 290 g/mol. The number of nitrogens with zero attached hydrogens (tertiary/aromatic N) is 3. The highest BCUT2D eigenvalue weighted by Gasteiger charge is 2.29. The van der Waals surface area contributed by atoms with Gasteiger partial charge in [0.05, 0.1) is 6.54 Å². The fraction of sp³-hybridized carbons (Fsp3) is 0.643. The number of nitrogens with two attached hydrogens (primary N) is 1. The van der Waals surface area contributed by atoms with Gasteiger partial charge < -0.3 is 15.6 Å². The Bertz CT molecular complexity index is 553. The van der Waals surface area contributed by atoms with Gasteiger partial charge >= 0.3 is 0 Å². The Morgan fingerprint density at radius 3 is 2.62 bits per heavy atom. The molecule has 7 heteroatoms. The maximum atomic E-state index is 11.9. The number of likely N-dealkylation sites (N-methyl/N-ethyl adjacent to an activating group) is 1. The summed E-state index contributed by atoms with van der Waals surface area (Å²) in [6.07, 6.45) is 4.43. The van der Waals surface area contributed by atoms with E-state index < -0.39 is 0 Å². The van der Waals surface area contributed by atoms with Gasteiger partial charge in [0.25, 0.3) is 0 Å². The summed E-state index contributed by atoms with van der Waals surface area (Å²) in [7, 11) is 1.87. The lowest BCUT2D eigenvalue weighted by atomic mass is 10.2. The Labute approximate surface area is 124 Å². The molecule has 114 valence electrons. The van der Waals surface area contributed by atoms with Crippen LogP contribution in [0.15, 0.2) is 0 Å². The van der Waals surface area contributed by atoms with Gasteiger partial charge in [0.15, 0.2) is 0 Å². The first kappa shape index (κ1) is 14.1. The highest BCUT2D eigenvalue weighted by molar-refractivity contribution is 5.82. The van der Waals surface area contributed by atoms with Crippen molar-refractivity contribution in [2.45, 2.75) is 44.6 Å². The van der Waals surface area contributed by atoms with Crippen molar-refractivity contribution in [1.82, 2.24) is 15.3 Å². The molecule has 0 bridgehead atoms. The van der Waals surface area contributed by atoms with E-state index in [1.807, 2.05) is 18.9 Å². The van der Waals surface area contributed by atoms with Gasteiger partial charge in [-0.1, -0.05) is 0 Å². The van der Waals surface area contributed by atoms with Crippen LogP contribution in [0.1, 0.15) is 43.0 Å². The number of carbonyl (C=O) groups excluding carboxylic acids is 1. The molecule has 2 saturated carbocycles. The summed E-state index contributed by atoms with van der Waals surface area (Å²) in [6, 6.07) is 0.376. The molecule has 0 aliphatic heterocycles. The van der Waals surface area contributed by atoms with Crippen LogP contribution in [0.5, 0.6) is 0 Å². The number of aromatic nitrogens is 2. The predicted octanol–water partition coefficient (Wildman–Crippen LogP) is 0.663. The van der Waals surface area contributed by atoms with Gasteiger partial charge in [-0.25, -0.2) is 15.8 Å². The summed E-state index contributed by atoms with van der Waals surface area (Å²) in [5.41, 5.74) is 3.50. The lowest BCUT2D eigenvalue weighted by molar-refractivity contribution is -0.119. The van der Waals surface area contributed by atoms with Gasteiger partial charge in [-0.2, -0.15) is 0 Å². The third-order valence-electron chi connectivity index (χ3n) is 3.90. The van der Waals surface area contributed by atoms with Crippen molar-refractivity contribution < 1.29 is 4.79 Å². The average Bonchev–Trinajstić information content (AvgIpc) is 3.32. The van der Waals surface area contributed by atoms with Crippen LogP contribution in [0.2, 0.25) is 0 Å². The minimum atomic E-state index is 0.0354. The van der Waals surface area contributed by atoms with Crippen LogP contribution >= 0.6 is 0 Å². The van der Waals surface area contributed by atoms with Crippen molar-refractivity contribution >= 4 is 17.5 Å². The molecule has 2 fully saturated rings. The SMILES string of the molecule is Cc1c(NN)nc(C2CC2)nc1N(C)CC(=O)NC1CC1. The molecule has 4 N–H and O–H groups in total. The fourth-order valence-electron chi connectivity index (χ4n) is 2.35. The minimum absolute atomic E-state index is 0.0354. The van der Waals surface area contributed by atoms with Crippen molar-refractivity contribution in [3.63, 3.8) is 0 Å². The molecule has 0 radical (unpaired) electrons. The number of nitrogen functional groups attached to an aromatic ring is 1. The molecule has 3 rings (SSSR count). The second-order valence-corrected chi connectivity index (χ2v) is 6.00. The average molecular weight is 290 g/mol. The summed E-state index contributed by atoms with van der Waals surface area (Å²) in [4.78, 5) is 22.9. The zero-order chi connectivity index (χ0) is 15.0. The van der Waals surface area contributed by atoms with Gasteiger partial charge in [-0.05, 0) is 32.6 Å². The van der Waals surface area contributed by atoms with E-state index in [-0.39, 0.29) is 5.91 Å². The lowest BCUT2D eigenvalue weighted by Crippen LogP contribution is -2.37. The molecule has 2 aliphatic rings. The van der Waals surface area contributed by atoms with E-state index in [0.29, 0.717) is 24.3 Å². The number of amides is 1. The number of hydrazine groups is 1. The second kappa shape index (κ2) is 5.48. The first-order chi connectivity index (χ1) is 10.1. The van der Waals surface area contributed by atoms with Gasteiger partial charge in [0.1, 0.15) is 17.5 Å². The number of carbonyl (C=O) groups is 1. The van der Waals surface area contributed by atoms with Crippen LogP contribution in [0.3, 0.4) is 0 Å². The molecule has 0 aromatic carbocycles. The van der Waals surface area contributed by atoms with E-state index in [1.165, 1.54) is 0 Å². The van der Waals surface area contributed by atoms with E-state index >= 15 is 0 Å². The second-order valence-electron chi connectivity index (χ2n) is 6.00. The van der Waals surface area contributed by atoms with E-state index in [2.05, 4.69) is 20.7 Å². The molecule has 7 nitrogen and oxygen atoms in total. The Balaban J connectivity index is 1.78. The van der Waals surface area contributed by atoms with E-state index in [9.17, 15) is 4.79 Å². The van der Waals surface area contributed by atoms with Crippen LogP contribution < -0.4 is 21.5 Å². The van der Waals surface area contributed by atoms with Gasteiger partial charge in [-0.3, -0.25) is 4.79 Å². The van der Waals surface area contributed by atoms with Gasteiger partial charge in [0.2, 0.25) is 5.91 Å². The van der Waals surface area contributed by atoms with Crippen molar-refractivity contribution in [2.24, 2.45) is 5.84 Å². The fourth-order valence-corrected chi connectivity index (χ4v) is 2.35. The third-order valence-corrected chi connectivity index (χ3v) is 3.90. The zero-order valence-corrected chi connectivity index (χ0v) is 12.5. The number of nitrogens with one attached hydrogen (secondary N) is 2. The van der Waals surface area contributed by atoms with Crippen LogP contribution in [-0.4, -0.2) is 35.5 Å². The van der Waals surface area contributed by atoms with Crippen molar-refractivity contribution in [1.29, 1.82) is 0 Å². The molecule has 1 aromatic heterocycles. The minimum Gasteiger partial charge on any atom is -0.352 e. The smallest absolute Gasteiger partial charge is 0.239 e. The molecular formula is C14H22N6O. The molecular weight excluding hydrogens is 268 g/mol. The van der Waals surface area contributed by atoms with Crippen LogP contribution in [0.4, 0.5) is 11.6 Å². The predicted molar refractivity (Wildman–Crippen MR) is 81.0 cm³/mol. The van der Waals surface area contributed by atoms with Crippen molar-refractivity contribution in [2.75, 3.05) is 23.9 Å². The lowest BCUT2D eigenvalue weighted by Gasteiger charge is -2.21. The van der Waals surface area contributed by atoms with Crippen molar-refractivity contribution in [3.05, 3.63) is 11.4 Å². The Kier molecular flexibility index (Phi) is 3.67. The quantitative estimate of drug-likeness (QED) is 0.526. The Morgan fingerprint density at radius 1 is 1.33 bits per heavy atom. The summed E-state index contributed by atoms with van der Waals surface area (Å²) in [5.74, 6) is 8.24. The Morgan fingerprint density at radius 2 is 2.05 bits per heavy atom. The van der Waals surface area contributed by atoms with Crippen molar-refractivity contribution in [3.8, 4) is 0 Å². The molecule has 2 aliphatic carbocycles. The topological polar surface area (TPSA) is 96.2 Å². The molecule has 0 atom stereocenters. The molecule has 1 amide bonds. The van der Waals surface area contributed by atoms with E-state index in [1.54, 1.807) is 0 Å². The highest BCUT2D eigenvalue weighted by atomic mass is 16.2. The molecule has 1 aromatic rings. The largest absolute Gasteiger partial charge is 0.352 e. The number of hydrogen-bond donors (Lipinski definition) is 3. The summed E-state index contributed by atoms with van der Waals surface area (Å²) in [5, 5.41) is 2.99. The summed E-state index contributed by atoms with van der Waals surface area (Å²) < 4.78 is 0. The maximum Gasteiger partial charge on any atom is 0.239 e. The molecule has 21 heavy (non-hydrogen) atoms. The number of rotatable bonds is 6.